The van der Waals surface area contributed by atoms with E-state index in [2.05, 4.69) is 16.4 Å². The molecular weight excluding hydrogens is 462 g/mol. The van der Waals surface area contributed by atoms with Crippen molar-refractivity contribution in [1.29, 1.82) is 0 Å². The van der Waals surface area contributed by atoms with E-state index in [0.29, 0.717) is 47.7 Å². The number of aromatic nitrogens is 1. The van der Waals surface area contributed by atoms with Gasteiger partial charge in [-0.05, 0) is 49.8 Å². The number of piperidine rings is 1. The van der Waals surface area contributed by atoms with E-state index in [9.17, 15) is 9.59 Å². The average Bonchev–Trinajstić information content (AvgIpc) is 3.37. The van der Waals surface area contributed by atoms with E-state index in [1.807, 2.05) is 36.9 Å². The Morgan fingerprint density at radius 2 is 1.94 bits per heavy atom. The Balaban J connectivity index is 1.36. The van der Waals surface area contributed by atoms with E-state index < -0.39 is 0 Å². The summed E-state index contributed by atoms with van der Waals surface area (Å²) < 4.78 is 10.7. The van der Waals surface area contributed by atoms with Crippen molar-refractivity contribution >= 4 is 23.2 Å². The van der Waals surface area contributed by atoms with Crippen molar-refractivity contribution in [1.82, 2.24) is 15.2 Å². The molecule has 5 rings (SSSR count). The van der Waals surface area contributed by atoms with Crippen molar-refractivity contribution in [3.63, 3.8) is 0 Å². The first kappa shape index (κ1) is 23.4. The van der Waals surface area contributed by atoms with Gasteiger partial charge in [0.25, 0.3) is 11.8 Å². The molecule has 1 aromatic heterocycles. The molecule has 2 amide bonds. The quantitative estimate of drug-likeness (QED) is 0.532. The molecule has 2 aliphatic rings. The number of hydrogen-bond acceptors (Lipinski definition) is 6. The zero-order valence-electron chi connectivity index (χ0n) is 20.3. The summed E-state index contributed by atoms with van der Waals surface area (Å²) in [5.74, 6) is 1.50. The number of hydrogen-bond donors (Lipinski definition) is 1. The van der Waals surface area contributed by atoms with Gasteiger partial charge >= 0.3 is 0 Å². The molecule has 0 unspecified atom stereocenters. The minimum absolute atomic E-state index is 0.0552. The number of amides is 2. The summed E-state index contributed by atoms with van der Waals surface area (Å²) in [5.41, 5.74) is 3.07. The fourth-order valence-electron chi connectivity index (χ4n) is 5.11. The van der Waals surface area contributed by atoms with Gasteiger partial charge in [-0.15, -0.1) is 11.3 Å². The Bertz CT molecular complexity index is 1290. The fraction of sp³-hybridized carbons (Fsp3) is 0.370. The third kappa shape index (κ3) is 4.38. The number of benzene rings is 2. The molecule has 2 aromatic carbocycles. The van der Waals surface area contributed by atoms with Crippen LogP contribution >= 0.6 is 11.3 Å². The third-order valence-electron chi connectivity index (χ3n) is 6.90. The molecule has 7 nitrogen and oxygen atoms in total. The first-order chi connectivity index (χ1) is 16.9. The molecule has 1 aliphatic heterocycles. The number of nitrogens with one attached hydrogen (secondary N) is 1. The second-order valence-electron chi connectivity index (χ2n) is 9.22. The van der Waals surface area contributed by atoms with Crippen molar-refractivity contribution in [2.24, 2.45) is 11.8 Å². The van der Waals surface area contributed by atoms with E-state index >= 15 is 0 Å². The Morgan fingerprint density at radius 3 is 2.69 bits per heavy atom. The first-order valence-corrected chi connectivity index (χ1v) is 12.6. The zero-order valence-corrected chi connectivity index (χ0v) is 21.1. The molecule has 0 spiro atoms. The SMILES string of the molecule is COc1cccc(C(=O)NC[C@@H]2[C@@H]3C[C@@H]3CN2C(=O)c2nc(C)sc2-c2cccc(C)c2)c1OC. The highest BCUT2D eigenvalue weighted by Crippen LogP contribution is 2.50. The number of carbonyl (C=O) groups excluding carboxylic acids is 2. The van der Waals surface area contributed by atoms with Crippen LogP contribution in [0.5, 0.6) is 11.5 Å². The number of ether oxygens (including phenoxy) is 2. The smallest absolute Gasteiger partial charge is 0.274 e. The maximum Gasteiger partial charge on any atom is 0.274 e. The summed E-state index contributed by atoms with van der Waals surface area (Å²) in [4.78, 5) is 34.2. The molecule has 182 valence electrons. The second-order valence-corrected chi connectivity index (χ2v) is 10.4. The summed E-state index contributed by atoms with van der Waals surface area (Å²) in [6.45, 7) is 5.07. The number of aryl methyl sites for hydroxylation is 2. The van der Waals surface area contributed by atoms with Crippen LogP contribution in [-0.4, -0.2) is 55.0 Å². The van der Waals surface area contributed by atoms with E-state index in [4.69, 9.17) is 9.47 Å². The molecule has 2 fully saturated rings. The number of methoxy groups -OCH3 is 2. The zero-order chi connectivity index (χ0) is 24.7. The van der Waals surface area contributed by atoms with E-state index in [1.165, 1.54) is 7.11 Å². The highest BCUT2D eigenvalue weighted by atomic mass is 32.1. The van der Waals surface area contributed by atoms with Crippen molar-refractivity contribution in [3.05, 3.63) is 64.3 Å². The lowest BCUT2D eigenvalue weighted by atomic mass is 10.1. The van der Waals surface area contributed by atoms with Crippen LogP contribution < -0.4 is 14.8 Å². The minimum Gasteiger partial charge on any atom is -0.493 e. The lowest BCUT2D eigenvalue weighted by Gasteiger charge is -2.27. The van der Waals surface area contributed by atoms with Crippen LogP contribution in [0.1, 0.15) is 37.8 Å². The molecule has 1 saturated carbocycles. The van der Waals surface area contributed by atoms with Crippen LogP contribution in [0.3, 0.4) is 0 Å². The lowest BCUT2D eigenvalue weighted by Crippen LogP contribution is -2.45. The number of para-hydroxylation sites is 1. The second kappa shape index (κ2) is 9.34. The number of rotatable bonds is 7. The van der Waals surface area contributed by atoms with Gasteiger partial charge in [0, 0.05) is 13.1 Å². The van der Waals surface area contributed by atoms with E-state index in [1.54, 1.807) is 36.6 Å². The lowest BCUT2D eigenvalue weighted by molar-refractivity contribution is 0.0690. The molecule has 3 aromatic rings. The Labute approximate surface area is 209 Å². The van der Waals surface area contributed by atoms with Crippen LogP contribution in [0.4, 0.5) is 0 Å². The van der Waals surface area contributed by atoms with Crippen LogP contribution in [-0.2, 0) is 0 Å². The Kier molecular flexibility index (Phi) is 6.23. The summed E-state index contributed by atoms with van der Waals surface area (Å²) in [6, 6.07) is 13.3. The summed E-state index contributed by atoms with van der Waals surface area (Å²) in [6.07, 6.45) is 1.09. The molecule has 2 heterocycles. The maximum atomic E-state index is 13.7. The number of carbonyl (C=O) groups is 2. The van der Waals surface area contributed by atoms with Gasteiger partial charge in [0.2, 0.25) is 0 Å². The van der Waals surface area contributed by atoms with Gasteiger partial charge in [0.1, 0.15) is 5.69 Å². The molecule has 0 radical (unpaired) electrons. The van der Waals surface area contributed by atoms with Gasteiger partial charge in [-0.1, -0.05) is 35.9 Å². The van der Waals surface area contributed by atoms with Gasteiger partial charge in [-0.25, -0.2) is 4.98 Å². The van der Waals surface area contributed by atoms with Crippen molar-refractivity contribution in [2.45, 2.75) is 26.3 Å². The number of fused-ring (bicyclic) bond motifs is 1. The predicted octanol–water partition coefficient (Wildman–Crippen LogP) is 4.33. The topological polar surface area (TPSA) is 80.8 Å². The molecule has 8 heteroatoms. The standard InChI is InChI=1S/C27H29N3O4S/c1-15-7-5-8-17(11-15)25-23(29-16(2)35-25)27(32)30-14-18-12-20(18)21(30)13-28-26(31)19-9-6-10-22(33-3)24(19)34-4/h5-11,18,20-21H,12-14H2,1-4H3,(H,28,31)/t18-,20-,21-/m1/s1. The molecule has 35 heavy (non-hydrogen) atoms. The Hall–Kier alpha value is -3.39. The molecule has 3 atom stereocenters. The van der Waals surface area contributed by atoms with Gasteiger partial charge in [-0.2, -0.15) is 0 Å². The van der Waals surface area contributed by atoms with Gasteiger partial charge in [0.15, 0.2) is 11.5 Å². The molecule has 1 saturated heterocycles. The molecule has 0 bridgehead atoms. The number of nitrogens with zero attached hydrogens (tertiary/aromatic N) is 2. The number of thiazole rings is 1. The first-order valence-electron chi connectivity index (χ1n) is 11.8. The summed E-state index contributed by atoms with van der Waals surface area (Å²) in [5, 5.41) is 3.90. The molecule has 1 N–H and O–H groups in total. The largest absolute Gasteiger partial charge is 0.493 e. The summed E-state index contributed by atoms with van der Waals surface area (Å²) in [7, 11) is 3.06. The van der Waals surface area contributed by atoms with Crippen molar-refractivity contribution in [3.8, 4) is 21.9 Å². The summed E-state index contributed by atoms with van der Waals surface area (Å²) >= 11 is 1.55. The van der Waals surface area contributed by atoms with Gasteiger partial charge in [0.05, 0.1) is 35.7 Å². The predicted molar refractivity (Wildman–Crippen MR) is 135 cm³/mol. The van der Waals surface area contributed by atoms with Crippen molar-refractivity contribution < 1.29 is 19.1 Å². The molecular formula is C27H29N3O4S. The minimum atomic E-state index is -0.248. The number of likely N-dealkylation sites (tertiary alicyclic amines) is 1. The third-order valence-corrected chi connectivity index (χ3v) is 7.92. The van der Waals surface area contributed by atoms with Gasteiger partial charge in [-0.3, -0.25) is 9.59 Å². The van der Waals surface area contributed by atoms with Gasteiger partial charge < -0.3 is 19.7 Å². The monoisotopic (exact) mass is 491 g/mol. The van der Waals surface area contributed by atoms with Crippen molar-refractivity contribution in [2.75, 3.05) is 27.3 Å². The van der Waals surface area contributed by atoms with E-state index in [0.717, 1.165) is 27.4 Å². The van der Waals surface area contributed by atoms with Crippen LogP contribution in [0.2, 0.25) is 0 Å². The fourth-order valence-corrected chi connectivity index (χ4v) is 6.02. The highest BCUT2D eigenvalue weighted by Gasteiger charge is 2.54. The molecule has 1 aliphatic carbocycles. The average molecular weight is 492 g/mol. The normalized spacial score (nSPS) is 20.3. The Morgan fingerprint density at radius 1 is 1.14 bits per heavy atom. The maximum absolute atomic E-state index is 13.7. The van der Waals surface area contributed by atoms with Crippen LogP contribution in [0, 0.1) is 25.7 Å². The highest BCUT2D eigenvalue weighted by molar-refractivity contribution is 7.15. The van der Waals surface area contributed by atoms with E-state index in [-0.39, 0.29) is 17.9 Å². The van der Waals surface area contributed by atoms with Crippen LogP contribution in [0.25, 0.3) is 10.4 Å². The van der Waals surface area contributed by atoms with Crippen LogP contribution in [0.15, 0.2) is 42.5 Å².